The highest BCUT2D eigenvalue weighted by atomic mass is 14.8. The summed E-state index contributed by atoms with van der Waals surface area (Å²) in [6, 6.07) is 8.42. The first-order valence-corrected chi connectivity index (χ1v) is 5.37. The minimum Gasteiger partial charge on any atom is -0.254 e. The molecular weight excluding hydrogens is 194 g/mol. The van der Waals surface area contributed by atoms with E-state index in [9.17, 15) is 0 Å². The van der Waals surface area contributed by atoms with Crippen LogP contribution in [0.2, 0.25) is 0 Å². The molecule has 1 aromatic heterocycles. The molecule has 16 heavy (non-hydrogen) atoms. The first kappa shape index (κ1) is 9.40. The predicted octanol–water partition coefficient (Wildman–Crippen LogP) is -0.700. The summed E-state index contributed by atoms with van der Waals surface area (Å²) in [5, 5.41) is 2.54. The maximum atomic E-state index is 4.43. The van der Waals surface area contributed by atoms with E-state index in [1.54, 1.807) is 12.4 Å². The Hall–Kier alpha value is -1.83. The van der Waals surface area contributed by atoms with E-state index in [4.69, 9.17) is 0 Å². The van der Waals surface area contributed by atoms with E-state index in [-0.39, 0.29) is 0 Å². The highest BCUT2D eigenvalue weighted by Crippen LogP contribution is 2.13. The van der Waals surface area contributed by atoms with Gasteiger partial charge in [-0.15, -0.1) is 0 Å². The van der Waals surface area contributed by atoms with E-state index >= 15 is 0 Å². The normalized spacial score (nSPS) is 11.0. The van der Waals surface area contributed by atoms with Gasteiger partial charge in [0.05, 0.1) is 11.0 Å². The molecular formula is C12H10B2N2. The summed E-state index contributed by atoms with van der Waals surface area (Å²) >= 11 is 0. The third kappa shape index (κ3) is 1.16. The van der Waals surface area contributed by atoms with E-state index in [1.807, 2.05) is 0 Å². The quantitative estimate of drug-likeness (QED) is 0.357. The number of rotatable bonds is 0. The molecule has 74 valence electrons. The van der Waals surface area contributed by atoms with Crippen molar-refractivity contribution in [2.45, 2.75) is 0 Å². The van der Waals surface area contributed by atoms with E-state index in [0.717, 1.165) is 11.0 Å². The summed E-state index contributed by atoms with van der Waals surface area (Å²) in [5.74, 6) is 0. The van der Waals surface area contributed by atoms with Crippen molar-refractivity contribution >= 4 is 48.4 Å². The van der Waals surface area contributed by atoms with Gasteiger partial charge in [-0.2, -0.15) is 0 Å². The molecule has 0 aliphatic carbocycles. The SMILES string of the molecule is Bc1c2ccccc2c(B)c2nccnc12. The van der Waals surface area contributed by atoms with Crippen LogP contribution in [-0.4, -0.2) is 25.7 Å². The zero-order chi connectivity index (χ0) is 11.1. The van der Waals surface area contributed by atoms with Crippen LogP contribution in [0.15, 0.2) is 36.7 Å². The number of hydrogen-bond donors (Lipinski definition) is 0. The number of aromatic nitrogens is 2. The molecule has 3 rings (SSSR count). The van der Waals surface area contributed by atoms with Gasteiger partial charge >= 0.3 is 0 Å². The Labute approximate surface area is 95.5 Å². The molecule has 3 aromatic rings. The highest BCUT2D eigenvalue weighted by molar-refractivity contribution is 6.52. The zero-order valence-corrected chi connectivity index (χ0v) is 9.36. The number of nitrogens with zero attached hydrogens (tertiary/aromatic N) is 2. The second kappa shape index (κ2) is 3.34. The molecule has 0 saturated carbocycles. The summed E-state index contributed by atoms with van der Waals surface area (Å²) in [4.78, 5) is 8.86. The predicted molar refractivity (Wildman–Crippen MR) is 73.4 cm³/mol. The zero-order valence-electron chi connectivity index (χ0n) is 9.36. The molecule has 2 nitrogen and oxygen atoms in total. The Morgan fingerprint density at radius 1 is 0.750 bits per heavy atom. The third-order valence-corrected chi connectivity index (χ3v) is 3.14. The van der Waals surface area contributed by atoms with Gasteiger partial charge in [-0.3, -0.25) is 9.97 Å². The second-order valence-corrected chi connectivity index (χ2v) is 4.05. The highest BCUT2D eigenvalue weighted by Gasteiger charge is 2.08. The summed E-state index contributed by atoms with van der Waals surface area (Å²) in [6.07, 6.45) is 3.51. The Kier molecular flexibility index (Phi) is 1.96. The van der Waals surface area contributed by atoms with Crippen molar-refractivity contribution in [3.05, 3.63) is 36.7 Å². The molecule has 0 saturated heterocycles. The van der Waals surface area contributed by atoms with Gasteiger partial charge in [-0.25, -0.2) is 0 Å². The molecule has 0 aliphatic rings. The van der Waals surface area contributed by atoms with Crippen LogP contribution in [0.1, 0.15) is 0 Å². The van der Waals surface area contributed by atoms with E-state index in [0.29, 0.717) is 0 Å². The van der Waals surface area contributed by atoms with Crippen LogP contribution in [0.3, 0.4) is 0 Å². The third-order valence-electron chi connectivity index (χ3n) is 3.14. The fourth-order valence-electron chi connectivity index (χ4n) is 2.28. The van der Waals surface area contributed by atoms with Crippen molar-refractivity contribution in [1.82, 2.24) is 9.97 Å². The van der Waals surface area contributed by atoms with Crippen molar-refractivity contribution in [1.29, 1.82) is 0 Å². The molecule has 0 amide bonds. The fraction of sp³-hybridized carbons (Fsp3) is 0. The van der Waals surface area contributed by atoms with Crippen LogP contribution in [0.5, 0.6) is 0 Å². The molecule has 0 bridgehead atoms. The number of hydrogen-bond acceptors (Lipinski definition) is 2. The lowest BCUT2D eigenvalue weighted by atomic mass is 9.81. The lowest BCUT2D eigenvalue weighted by molar-refractivity contribution is 1.31. The van der Waals surface area contributed by atoms with Gasteiger partial charge in [0.25, 0.3) is 0 Å². The van der Waals surface area contributed by atoms with Gasteiger partial charge in [0.2, 0.25) is 0 Å². The van der Waals surface area contributed by atoms with Gasteiger partial charge < -0.3 is 0 Å². The summed E-state index contributed by atoms with van der Waals surface area (Å²) in [7, 11) is 4.22. The first-order valence-electron chi connectivity index (χ1n) is 5.37. The molecule has 0 fully saturated rings. The largest absolute Gasteiger partial charge is 0.254 e. The maximum absolute atomic E-state index is 4.43. The lowest BCUT2D eigenvalue weighted by Gasteiger charge is -2.09. The Bertz CT molecular complexity index is 578. The molecule has 1 heterocycles. The molecule has 2 aromatic carbocycles. The van der Waals surface area contributed by atoms with Crippen molar-refractivity contribution in [2.75, 3.05) is 0 Å². The van der Waals surface area contributed by atoms with Gasteiger partial charge in [-0.05, 0) is 10.8 Å². The molecule has 0 spiro atoms. The van der Waals surface area contributed by atoms with Crippen LogP contribution >= 0.6 is 0 Å². The average Bonchev–Trinajstić information content (AvgIpc) is 2.36. The van der Waals surface area contributed by atoms with E-state index in [1.165, 1.54) is 21.7 Å². The molecule has 0 radical (unpaired) electrons. The minimum absolute atomic E-state index is 1.01. The number of benzene rings is 2. The first-order chi connectivity index (χ1) is 7.79. The molecule has 0 unspecified atom stereocenters. The average molecular weight is 204 g/mol. The molecule has 0 N–H and O–H groups in total. The Morgan fingerprint density at radius 3 is 1.62 bits per heavy atom. The second-order valence-electron chi connectivity index (χ2n) is 4.05. The van der Waals surface area contributed by atoms with E-state index in [2.05, 4.69) is 49.9 Å². The molecule has 0 atom stereocenters. The lowest BCUT2D eigenvalue weighted by Crippen LogP contribution is -2.17. The Morgan fingerprint density at radius 2 is 1.19 bits per heavy atom. The van der Waals surface area contributed by atoms with Crippen LogP contribution < -0.4 is 10.9 Å². The van der Waals surface area contributed by atoms with Gasteiger partial charge in [0.15, 0.2) is 0 Å². The van der Waals surface area contributed by atoms with Crippen LogP contribution in [0, 0.1) is 0 Å². The van der Waals surface area contributed by atoms with E-state index < -0.39 is 0 Å². The maximum Gasteiger partial charge on any atom is 0.143 e. The monoisotopic (exact) mass is 204 g/mol. The standard InChI is InChI=1S/C12H10B2N2/c13-9-7-3-1-2-4-8(7)10(14)12-11(9)15-5-6-16-12/h1-6H,13-14H2. The van der Waals surface area contributed by atoms with Crippen LogP contribution in [0.4, 0.5) is 0 Å². The smallest absolute Gasteiger partial charge is 0.143 e. The topological polar surface area (TPSA) is 25.8 Å². The molecule has 4 heteroatoms. The number of fused-ring (bicyclic) bond motifs is 2. The van der Waals surface area contributed by atoms with Crippen molar-refractivity contribution < 1.29 is 0 Å². The summed E-state index contributed by atoms with van der Waals surface area (Å²) in [6.45, 7) is 0. The fourth-order valence-corrected chi connectivity index (χ4v) is 2.28. The van der Waals surface area contributed by atoms with Crippen molar-refractivity contribution in [3.63, 3.8) is 0 Å². The van der Waals surface area contributed by atoms with Crippen molar-refractivity contribution in [3.8, 4) is 0 Å². The molecule has 0 aliphatic heterocycles. The van der Waals surface area contributed by atoms with Gasteiger partial charge in [0, 0.05) is 12.4 Å². The van der Waals surface area contributed by atoms with Crippen molar-refractivity contribution in [2.24, 2.45) is 0 Å². The summed E-state index contributed by atoms with van der Waals surface area (Å²) < 4.78 is 0. The Balaban J connectivity index is 2.67. The van der Waals surface area contributed by atoms with Crippen LogP contribution in [-0.2, 0) is 0 Å². The van der Waals surface area contributed by atoms with Gasteiger partial charge in [0.1, 0.15) is 15.7 Å². The minimum atomic E-state index is 1.01. The van der Waals surface area contributed by atoms with Crippen LogP contribution in [0.25, 0.3) is 21.8 Å². The van der Waals surface area contributed by atoms with Gasteiger partial charge in [-0.1, -0.05) is 35.2 Å². The summed E-state index contributed by atoms with van der Waals surface area (Å²) in [5.41, 5.74) is 4.45.